The highest BCUT2D eigenvalue weighted by atomic mass is 32.2. The predicted octanol–water partition coefficient (Wildman–Crippen LogP) is 0.776. The summed E-state index contributed by atoms with van der Waals surface area (Å²) in [6, 6.07) is 4.76. The van der Waals surface area contributed by atoms with Crippen molar-refractivity contribution < 1.29 is 12.8 Å². The fourth-order valence-corrected chi connectivity index (χ4v) is 2.01. The Kier molecular flexibility index (Phi) is 3.00. The van der Waals surface area contributed by atoms with Crippen molar-refractivity contribution in [2.24, 2.45) is 0 Å². The Balaban J connectivity index is 3.02. The minimum Gasteiger partial charge on any atom is -0.306 e. The molecule has 13 heavy (non-hydrogen) atoms. The first-order valence-electron chi connectivity index (χ1n) is 3.69. The second-order valence-corrected chi connectivity index (χ2v) is 4.56. The molecule has 1 N–H and O–H groups in total. The van der Waals surface area contributed by atoms with E-state index in [1.165, 1.54) is 12.1 Å². The van der Waals surface area contributed by atoms with Crippen molar-refractivity contribution >= 4 is 9.84 Å². The highest BCUT2D eigenvalue weighted by Gasteiger charge is 2.12. The summed E-state index contributed by atoms with van der Waals surface area (Å²) >= 11 is 0. The van der Waals surface area contributed by atoms with E-state index in [1.807, 2.05) is 0 Å². The van der Waals surface area contributed by atoms with Crippen LogP contribution >= 0.6 is 0 Å². The Hall–Kier alpha value is -0.940. The molecular weight excluding hydrogens is 193 g/mol. The lowest BCUT2D eigenvalue weighted by Crippen LogP contribution is -2.18. The molecule has 0 amide bonds. The molecule has 0 aliphatic carbocycles. The smallest absolute Gasteiger partial charge is 0.191 e. The molecule has 0 aromatic heterocycles. The molecule has 1 aromatic rings. The molecule has 1 aromatic carbocycles. The molecule has 0 bridgehead atoms. The zero-order valence-electron chi connectivity index (χ0n) is 7.12. The summed E-state index contributed by atoms with van der Waals surface area (Å²) < 4.78 is 35.2. The first-order valence-corrected chi connectivity index (χ1v) is 5.34. The average molecular weight is 203 g/mol. The zero-order chi connectivity index (χ0) is 9.90. The van der Waals surface area contributed by atoms with Crippen molar-refractivity contribution in [3.05, 3.63) is 30.1 Å². The molecule has 0 aliphatic heterocycles. The Bertz CT molecular complexity index is 372. The SMILES string of the molecule is CNCS(=O)(=O)c1ccc(F)cc1. The first kappa shape index (κ1) is 10.1. The van der Waals surface area contributed by atoms with Crippen molar-refractivity contribution in [1.29, 1.82) is 0 Å². The molecule has 0 fully saturated rings. The third kappa shape index (κ3) is 2.50. The zero-order valence-corrected chi connectivity index (χ0v) is 7.94. The molecule has 0 unspecified atom stereocenters. The van der Waals surface area contributed by atoms with Crippen molar-refractivity contribution in [2.45, 2.75) is 4.90 Å². The number of hydrogen-bond acceptors (Lipinski definition) is 3. The van der Waals surface area contributed by atoms with Crippen LogP contribution in [0.5, 0.6) is 0 Å². The van der Waals surface area contributed by atoms with Crippen molar-refractivity contribution in [1.82, 2.24) is 5.32 Å². The van der Waals surface area contributed by atoms with Gasteiger partial charge in [-0.15, -0.1) is 0 Å². The van der Waals surface area contributed by atoms with Gasteiger partial charge in [0.05, 0.1) is 4.90 Å². The second kappa shape index (κ2) is 3.85. The second-order valence-electron chi connectivity index (χ2n) is 2.57. The molecule has 5 heteroatoms. The minimum atomic E-state index is -3.30. The number of rotatable bonds is 3. The predicted molar refractivity (Wildman–Crippen MR) is 47.5 cm³/mol. The molecule has 1 rings (SSSR count). The van der Waals surface area contributed by atoms with Crippen LogP contribution < -0.4 is 5.32 Å². The summed E-state index contributed by atoms with van der Waals surface area (Å²) in [6.07, 6.45) is 0. The quantitative estimate of drug-likeness (QED) is 0.738. The maximum Gasteiger partial charge on any atom is 0.191 e. The van der Waals surface area contributed by atoms with E-state index in [4.69, 9.17) is 0 Å². The lowest BCUT2D eigenvalue weighted by molar-refractivity contribution is 0.590. The number of benzene rings is 1. The highest BCUT2D eigenvalue weighted by molar-refractivity contribution is 7.91. The van der Waals surface area contributed by atoms with Gasteiger partial charge in [0.1, 0.15) is 11.7 Å². The van der Waals surface area contributed by atoms with Gasteiger partial charge in [0.15, 0.2) is 9.84 Å². The fraction of sp³-hybridized carbons (Fsp3) is 0.250. The Morgan fingerprint density at radius 3 is 2.31 bits per heavy atom. The molecule has 3 nitrogen and oxygen atoms in total. The molecule has 0 aliphatic rings. The lowest BCUT2D eigenvalue weighted by Gasteiger charge is -2.02. The Morgan fingerprint density at radius 2 is 1.85 bits per heavy atom. The third-order valence-electron chi connectivity index (χ3n) is 1.51. The summed E-state index contributed by atoms with van der Waals surface area (Å²) in [5.74, 6) is -0.582. The molecule has 72 valence electrons. The van der Waals surface area contributed by atoms with Gasteiger partial charge in [0.2, 0.25) is 0 Å². The van der Waals surface area contributed by atoms with E-state index < -0.39 is 15.7 Å². The van der Waals surface area contributed by atoms with Gasteiger partial charge in [-0.2, -0.15) is 0 Å². The number of halogens is 1. The van der Waals surface area contributed by atoms with Crippen LogP contribution in [-0.4, -0.2) is 21.3 Å². The van der Waals surface area contributed by atoms with Crippen molar-refractivity contribution in [3.63, 3.8) is 0 Å². The number of nitrogens with one attached hydrogen (secondary N) is 1. The molecule has 0 saturated carbocycles. The summed E-state index contributed by atoms with van der Waals surface area (Å²) in [7, 11) is -1.76. The monoisotopic (exact) mass is 203 g/mol. The fourth-order valence-electron chi connectivity index (χ4n) is 0.915. The maximum absolute atomic E-state index is 12.5. The van der Waals surface area contributed by atoms with Gasteiger partial charge in [0, 0.05) is 0 Å². The normalized spacial score (nSPS) is 11.5. The van der Waals surface area contributed by atoms with E-state index in [1.54, 1.807) is 7.05 Å². The standard InChI is InChI=1S/C8H10FNO2S/c1-10-6-13(11,12)8-4-2-7(9)3-5-8/h2-5,10H,6H2,1H3. The lowest BCUT2D eigenvalue weighted by atomic mass is 10.4. The van der Waals surface area contributed by atoms with Crippen molar-refractivity contribution in [2.75, 3.05) is 12.9 Å². The van der Waals surface area contributed by atoms with Crippen LogP contribution in [0.1, 0.15) is 0 Å². The van der Waals surface area contributed by atoms with Crippen LogP contribution in [0, 0.1) is 5.82 Å². The van der Waals surface area contributed by atoms with Crippen LogP contribution in [0.2, 0.25) is 0 Å². The van der Waals surface area contributed by atoms with Gasteiger partial charge >= 0.3 is 0 Å². The molecule has 0 saturated heterocycles. The third-order valence-corrected chi connectivity index (χ3v) is 3.17. The largest absolute Gasteiger partial charge is 0.306 e. The average Bonchev–Trinajstić information content (AvgIpc) is 2.05. The van der Waals surface area contributed by atoms with Crippen molar-refractivity contribution in [3.8, 4) is 0 Å². The van der Waals surface area contributed by atoms with Crippen LogP contribution in [0.25, 0.3) is 0 Å². The minimum absolute atomic E-state index is 0.128. The topological polar surface area (TPSA) is 46.2 Å². The van der Waals surface area contributed by atoms with Gasteiger partial charge < -0.3 is 5.32 Å². The summed E-state index contributed by atoms with van der Waals surface area (Å²) in [5.41, 5.74) is 0. The van der Waals surface area contributed by atoms with Gasteiger partial charge in [0.25, 0.3) is 0 Å². The summed E-state index contributed by atoms with van der Waals surface area (Å²) in [6.45, 7) is 0. The highest BCUT2D eigenvalue weighted by Crippen LogP contribution is 2.10. The molecule has 0 atom stereocenters. The van der Waals surface area contributed by atoms with Gasteiger partial charge in [-0.25, -0.2) is 12.8 Å². The molecular formula is C8H10FNO2S. The molecule has 0 radical (unpaired) electrons. The van der Waals surface area contributed by atoms with E-state index >= 15 is 0 Å². The van der Waals surface area contributed by atoms with E-state index in [9.17, 15) is 12.8 Å². The van der Waals surface area contributed by atoms with Crippen LogP contribution in [0.4, 0.5) is 4.39 Å². The van der Waals surface area contributed by atoms with Crippen LogP contribution in [0.15, 0.2) is 29.2 Å². The molecule has 0 heterocycles. The van der Waals surface area contributed by atoms with E-state index in [-0.39, 0.29) is 10.8 Å². The molecule has 0 spiro atoms. The summed E-state index contributed by atoms with van der Waals surface area (Å²) in [5, 5.41) is 2.54. The summed E-state index contributed by atoms with van der Waals surface area (Å²) in [4.78, 5) is 0.128. The van der Waals surface area contributed by atoms with E-state index in [0.29, 0.717) is 0 Å². The number of hydrogen-bond donors (Lipinski definition) is 1. The Labute approximate surface area is 76.5 Å². The maximum atomic E-state index is 12.5. The van der Waals surface area contributed by atoms with Gasteiger partial charge in [-0.1, -0.05) is 0 Å². The van der Waals surface area contributed by atoms with E-state index in [0.717, 1.165) is 12.1 Å². The van der Waals surface area contributed by atoms with Crippen LogP contribution in [-0.2, 0) is 9.84 Å². The Morgan fingerprint density at radius 1 is 1.31 bits per heavy atom. The number of sulfone groups is 1. The van der Waals surface area contributed by atoms with Gasteiger partial charge in [-0.05, 0) is 31.3 Å². The van der Waals surface area contributed by atoms with Crippen LogP contribution in [0.3, 0.4) is 0 Å². The van der Waals surface area contributed by atoms with E-state index in [2.05, 4.69) is 5.32 Å². The first-order chi connectivity index (χ1) is 6.06. The van der Waals surface area contributed by atoms with Gasteiger partial charge in [-0.3, -0.25) is 0 Å².